The fraction of sp³-hybridized carbons (Fsp3) is 0.345. The molecule has 12 heteroatoms. The summed E-state index contributed by atoms with van der Waals surface area (Å²) in [6.07, 6.45) is 1.76. The number of ether oxygens (including phenoxy) is 5. The van der Waals surface area contributed by atoms with Crippen LogP contribution in [0.3, 0.4) is 0 Å². The number of halogens is 2. The molecule has 0 saturated carbocycles. The van der Waals surface area contributed by atoms with Gasteiger partial charge in [0.15, 0.2) is 27.8 Å². The molecule has 0 amide bonds. The number of esters is 1. The molecule has 9 nitrogen and oxygen atoms in total. The molecule has 0 aliphatic carbocycles. The Kier molecular flexibility index (Phi) is 9.98. The van der Waals surface area contributed by atoms with Crippen LogP contribution in [-0.2, 0) is 9.53 Å². The van der Waals surface area contributed by atoms with Gasteiger partial charge in [-0.1, -0.05) is 27.3 Å². The van der Waals surface area contributed by atoms with Crippen molar-refractivity contribution in [2.24, 2.45) is 4.99 Å². The Labute approximate surface area is 258 Å². The SMILES string of the molecule is CCOC(=O)C1=C(C)N=c2s/c(=C/c3cc(Br)c(OCC)c(OC)c3)c(=O)n2[C@H]1c1cc(OC)c(OCC)cc1Br. The van der Waals surface area contributed by atoms with Crippen LogP contribution >= 0.6 is 43.2 Å². The Morgan fingerprint density at radius 3 is 2.32 bits per heavy atom. The van der Waals surface area contributed by atoms with Crippen molar-refractivity contribution in [2.75, 3.05) is 34.0 Å². The molecule has 1 aliphatic heterocycles. The highest BCUT2D eigenvalue weighted by molar-refractivity contribution is 9.10. The first-order valence-electron chi connectivity index (χ1n) is 12.9. The van der Waals surface area contributed by atoms with E-state index in [2.05, 4.69) is 36.9 Å². The zero-order chi connectivity index (χ0) is 29.8. The summed E-state index contributed by atoms with van der Waals surface area (Å²) < 4.78 is 31.2. The van der Waals surface area contributed by atoms with Crippen molar-refractivity contribution in [1.82, 2.24) is 4.57 Å². The smallest absolute Gasteiger partial charge is 0.338 e. The van der Waals surface area contributed by atoms with E-state index in [0.29, 0.717) is 65.8 Å². The summed E-state index contributed by atoms with van der Waals surface area (Å²) in [5.41, 5.74) is 1.77. The maximum Gasteiger partial charge on any atom is 0.338 e. The van der Waals surface area contributed by atoms with E-state index >= 15 is 0 Å². The molecule has 2 heterocycles. The third kappa shape index (κ3) is 6.09. The lowest BCUT2D eigenvalue weighted by molar-refractivity contribution is -0.139. The fourth-order valence-corrected chi connectivity index (χ4v) is 6.69. The molecular formula is C29H30Br2N2O7S. The largest absolute Gasteiger partial charge is 0.493 e. The van der Waals surface area contributed by atoms with E-state index in [1.165, 1.54) is 23.0 Å². The van der Waals surface area contributed by atoms with Gasteiger partial charge in [-0.15, -0.1) is 0 Å². The number of rotatable bonds is 10. The first kappa shape index (κ1) is 30.9. The number of aromatic nitrogens is 1. The van der Waals surface area contributed by atoms with E-state index in [9.17, 15) is 9.59 Å². The number of allylic oxidation sites excluding steroid dienone is 1. The van der Waals surface area contributed by atoms with Gasteiger partial charge in [0.1, 0.15) is 0 Å². The molecule has 4 rings (SSSR count). The quantitative estimate of drug-likeness (QED) is 0.269. The summed E-state index contributed by atoms with van der Waals surface area (Å²) in [6, 6.07) is 6.37. The van der Waals surface area contributed by atoms with E-state index < -0.39 is 12.0 Å². The second kappa shape index (κ2) is 13.3. The Morgan fingerprint density at radius 1 is 0.976 bits per heavy atom. The molecular weight excluding hydrogens is 680 g/mol. The van der Waals surface area contributed by atoms with Gasteiger partial charge in [0.2, 0.25) is 0 Å². The predicted octanol–water partition coefficient (Wildman–Crippen LogP) is 5.14. The maximum atomic E-state index is 14.0. The summed E-state index contributed by atoms with van der Waals surface area (Å²) in [6.45, 7) is 8.33. The average molecular weight is 710 g/mol. The summed E-state index contributed by atoms with van der Waals surface area (Å²) >= 11 is 8.42. The van der Waals surface area contributed by atoms with Gasteiger partial charge in [-0.05, 0) is 85.1 Å². The van der Waals surface area contributed by atoms with Crippen LogP contribution in [0.4, 0.5) is 0 Å². The Hall–Kier alpha value is -3.09. The number of fused-ring (bicyclic) bond motifs is 1. The Morgan fingerprint density at radius 2 is 1.68 bits per heavy atom. The lowest BCUT2D eigenvalue weighted by atomic mass is 9.95. The van der Waals surface area contributed by atoms with E-state index in [-0.39, 0.29) is 17.7 Å². The van der Waals surface area contributed by atoms with Crippen LogP contribution in [0.15, 0.2) is 54.3 Å². The van der Waals surface area contributed by atoms with Crippen molar-refractivity contribution in [3.05, 3.63) is 75.3 Å². The number of hydrogen-bond donors (Lipinski definition) is 0. The van der Waals surface area contributed by atoms with Gasteiger partial charge >= 0.3 is 5.97 Å². The third-order valence-corrected chi connectivity index (χ3v) is 8.49. The van der Waals surface area contributed by atoms with E-state index in [1.54, 1.807) is 45.2 Å². The van der Waals surface area contributed by atoms with Gasteiger partial charge in [-0.25, -0.2) is 9.79 Å². The molecule has 2 aromatic carbocycles. The average Bonchev–Trinajstić information content (AvgIpc) is 3.23. The number of hydrogen-bond acceptors (Lipinski definition) is 9. The molecule has 0 N–H and O–H groups in total. The highest BCUT2D eigenvalue weighted by Gasteiger charge is 2.35. The molecule has 41 heavy (non-hydrogen) atoms. The predicted molar refractivity (Wildman–Crippen MR) is 164 cm³/mol. The number of methoxy groups -OCH3 is 2. The molecule has 1 aliphatic rings. The molecule has 218 valence electrons. The van der Waals surface area contributed by atoms with Crippen LogP contribution < -0.4 is 33.8 Å². The molecule has 0 saturated heterocycles. The molecule has 0 bridgehead atoms. The van der Waals surface area contributed by atoms with Gasteiger partial charge < -0.3 is 23.7 Å². The van der Waals surface area contributed by atoms with Crippen LogP contribution in [0, 0.1) is 0 Å². The van der Waals surface area contributed by atoms with Gasteiger partial charge in [0.05, 0.1) is 60.4 Å². The van der Waals surface area contributed by atoms with E-state index in [0.717, 1.165) is 5.56 Å². The van der Waals surface area contributed by atoms with Crippen LogP contribution in [0.5, 0.6) is 23.0 Å². The number of carbonyl (C=O) groups excluding carboxylic acids is 1. The first-order chi connectivity index (χ1) is 19.7. The fourth-order valence-electron chi connectivity index (χ4n) is 4.53. The highest BCUT2D eigenvalue weighted by Crippen LogP contribution is 2.41. The number of carbonyl (C=O) groups is 1. The molecule has 0 fully saturated rings. The molecule has 3 aromatic rings. The summed E-state index contributed by atoms with van der Waals surface area (Å²) in [4.78, 5) is 32.4. The number of benzene rings is 2. The van der Waals surface area contributed by atoms with Crippen LogP contribution in [-0.4, -0.2) is 44.6 Å². The van der Waals surface area contributed by atoms with Crippen LogP contribution in [0.25, 0.3) is 6.08 Å². The minimum absolute atomic E-state index is 0.176. The minimum Gasteiger partial charge on any atom is -0.493 e. The van der Waals surface area contributed by atoms with Crippen molar-refractivity contribution in [3.63, 3.8) is 0 Å². The third-order valence-electron chi connectivity index (χ3n) is 6.23. The van der Waals surface area contributed by atoms with Crippen molar-refractivity contribution in [3.8, 4) is 23.0 Å². The summed E-state index contributed by atoms with van der Waals surface area (Å²) in [7, 11) is 3.10. The molecule has 0 unspecified atom stereocenters. The molecule has 1 aromatic heterocycles. The van der Waals surface area contributed by atoms with Crippen molar-refractivity contribution in [2.45, 2.75) is 33.7 Å². The second-order valence-corrected chi connectivity index (χ2v) is 11.4. The molecule has 0 radical (unpaired) electrons. The van der Waals surface area contributed by atoms with Crippen molar-refractivity contribution in [1.29, 1.82) is 0 Å². The van der Waals surface area contributed by atoms with Gasteiger partial charge in [0, 0.05) is 4.47 Å². The first-order valence-corrected chi connectivity index (χ1v) is 15.3. The van der Waals surface area contributed by atoms with Gasteiger partial charge in [-0.2, -0.15) is 0 Å². The van der Waals surface area contributed by atoms with Crippen LogP contribution in [0.2, 0.25) is 0 Å². The maximum absolute atomic E-state index is 14.0. The number of thiazole rings is 1. The number of nitrogens with zero attached hydrogens (tertiary/aromatic N) is 2. The lowest BCUT2D eigenvalue weighted by Crippen LogP contribution is -2.40. The van der Waals surface area contributed by atoms with E-state index in [4.69, 9.17) is 23.7 Å². The minimum atomic E-state index is -0.826. The zero-order valence-corrected chi connectivity index (χ0v) is 27.5. The van der Waals surface area contributed by atoms with Gasteiger partial charge in [0.25, 0.3) is 5.56 Å². The van der Waals surface area contributed by atoms with Crippen molar-refractivity contribution < 1.29 is 28.5 Å². The second-order valence-electron chi connectivity index (χ2n) is 8.73. The highest BCUT2D eigenvalue weighted by atomic mass is 79.9. The standard InChI is InChI=1S/C29H30Br2N2O7S/c1-7-38-21-14-18(30)17(13-20(21)36-5)25-24(28(35)40-9-3)15(4)32-29-33(25)27(34)23(41-29)12-16-10-19(31)26(39-8-2)22(11-16)37-6/h10-14,25H,7-9H2,1-6H3/b23-12+/t25-/m0/s1. The zero-order valence-electron chi connectivity index (χ0n) is 23.5. The van der Waals surface area contributed by atoms with Gasteiger partial charge in [-0.3, -0.25) is 9.36 Å². The van der Waals surface area contributed by atoms with Crippen LogP contribution in [0.1, 0.15) is 44.9 Å². The molecule has 1 atom stereocenters. The van der Waals surface area contributed by atoms with Crippen molar-refractivity contribution >= 4 is 55.2 Å². The monoisotopic (exact) mass is 708 g/mol. The van der Waals surface area contributed by atoms with E-state index in [1.807, 2.05) is 19.9 Å². The normalized spacial score (nSPS) is 14.8. The summed E-state index contributed by atoms with van der Waals surface area (Å²) in [5.74, 6) is 1.57. The summed E-state index contributed by atoms with van der Waals surface area (Å²) in [5, 5.41) is 0. The lowest BCUT2D eigenvalue weighted by Gasteiger charge is -2.26. The Bertz CT molecular complexity index is 1690. The molecule has 0 spiro atoms. The topological polar surface area (TPSA) is 97.6 Å². The Balaban J connectivity index is 1.98.